The van der Waals surface area contributed by atoms with E-state index in [1.807, 2.05) is 23.1 Å². The predicted molar refractivity (Wildman–Crippen MR) is 70.6 cm³/mol. The van der Waals surface area contributed by atoms with Gasteiger partial charge >= 0.3 is 0 Å². The third-order valence-corrected chi connectivity index (χ3v) is 3.14. The molecule has 98 valence electrons. The predicted octanol–water partition coefficient (Wildman–Crippen LogP) is 0.517. The number of amides is 1. The Bertz CT molecular complexity index is 559. The molecule has 3 rings (SSSR count). The minimum absolute atomic E-state index is 0.00354. The van der Waals surface area contributed by atoms with Crippen molar-refractivity contribution in [3.63, 3.8) is 0 Å². The second-order valence-corrected chi connectivity index (χ2v) is 4.42. The van der Waals surface area contributed by atoms with Crippen LogP contribution in [0.15, 0.2) is 30.5 Å². The minimum atomic E-state index is -0.00354. The van der Waals surface area contributed by atoms with Gasteiger partial charge in [0, 0.05) is 32.4 Å². The molecule has 1 fully saturated rings. The quantitative estimate of drug-likeness (QED) is 0.822. The van der Waals surface area contributed by atoms with Crippen LogP contribution in [0.2, 0.25) is 0 Å². The van der Waals surface area contributed by atoms with E-state index in [1.165, 1.54) is 0 Å². The molecule has 6 heteroatoms. The lowest BCUT2D eigenvalue weighted by molar-refractivity contribution is 0.0730. The largest absolute Gasteiger partial charge is 0.335 e. The van der Waals surface area contributed by atoms with Gasteiger partial charge in [-0.1, -0.05) is 6.07 Å². The fourth-order valence-corrected chi connectivity index (χ4v) is 2.12. The van der Waals surface area contributed by atoms with Crippen LogP contribution in [0.4, 0.5) is 0 Å². The normalized spacial score (nSPS) is 15.5. The van der Waals surface area contributed by atoms with Gasteiger partial charge in [-0.15, -0.1) is 0 Å². The van der Waals surface area contributed by atoms with E-state index in [1.54, 1.807) is 12.3 Å². The Labute approximate surface area is 110 Å². The monoisotopic (exact) mass is 257 g/mol. The van der Waals surface area contributed by atoms with Crippen LogP contribution in [0.5, 0.6) is 0 Å². The van der Waals surface area contributed by atoms with Gasteiger partial charge in [0.1, 0.15) is 11.4 Å². The molecular weight excluding hydrogens is 242 g/mol. The van der Waals surface area contributed by atoms with E-state index in [0.717, 1.165) is 31.9 Å². The average molecular weight is 257 g/mol. The van der Waals surface area contributed by atoms with Crippen molar-refractivity contribution in [3.05, 3.63) is 36.2 Å². The van der Waals surface area contributed by atoms with Gasteiger partial charge in [0.2, 0.25) is 0 Å². The molecule has 0 radical (unpaired) electrons. The van der Waals surface area contributed by atoms with Crippen LogP contribution in [-0.2, 0) is 0 Å². The molecule has 1 amide bonds. The Kier molecular flexibility index (Phi) is 3.24. The Morgan fingerprint density at radius 1 is 1.21 bits per heavy atom. The third kappa shape index (κ3) is 2.48. The highest BCUT2D eigenvalue weighted by molar-refractivity contribution is 5.93. The summed E-state index contributed by atoms with van der Waals surface area (Å²) in [5.41, 5.74) is 1.97. The number of rotatable bonds is 2. The van der Waals surface area contributed by atoms with E-state index >= 15 is 0 Å². The van der Waals surface area contributed by atoms with Crippen LogP contribution in [0, 0.1) is 0 Å². The Balaban J connectivity index is 1.79. The maximum atomic E-state index is 12.3. The number of nitrogens with one attached hydrogen (secondary N) is 2. The topological polar surface area (TPSA) is 73.9 Å². The summed E-state index contributed by atoms with van der Waals surface area (Å²) in [6.07, 6.45) is 1.71. The lowest BCUT2D eigenvalue weighted by atomic mass is 10.2. The summed E-state index contributed by atoms with van der Waals surface area (Å²) in [4.78, 5) is 18.3. The molecule has 0 aliphatic carbocycles. The van der Waals surface area contributed by atoms with Gasteiger partial charge in [-0.25, -0.2) is 0 Å². The maximum Gasteiger partial charge on any atom is 0.271 e. The molecule has 1 aliphatic rings. The van der Waals surface area contributed by atoms with Crippen molar-refractivity contribution in [1.82, 2.24) is 25.4 Å². The maximum absolute atomic E-state index is 12.3. The molecule has 3 heterocycles. The second kappa shape index (κ2) is 5.19. The highest BCUT2D eigenvalue weighted by atomic mass is 16.2. The van der Waals surface area contributed by atoms with Crippen LogP contribution in [0.3, 0.4) is 0 Å². The first-order valence-electron chi connectivity index (χ1n) is 6.31. The summed E-state index contributed by atoms with van der Waals surface area (Å²) in [7, 11) is 0. The number of nitrogens with zero attached hydrogens (tertiary/aromatic N) is 3. The SMILES string of the molecule is O=C(c1cc(-c2ccccn2)n[nH]1)N1CCNCC1. The fraction of sp³-hybridized carbons (Fsp3) is 0.308. The van der Waals surface area contributed by atoms with Gasteiger partial charge in [-0.05, 0) is 18.2 Å². The van der Waals surface area contributed by atoms with Crippen molar-refractivity contribution in [2.75, 3.05) is 26.2 Å². The van der Waals surface area contributed by atoms with Gasteiger partial charge in [0.05, 0.1) is 5.69 Å². The molecule has 2 aromatic rings. The standard InChI is InChI=1S/C13H15N5O/c19-13(18-7-5-14-6-8-18)12-9-11(16-17-12)10-3-1-2-4-15-10/h1-4,9,14H,5-8H2,(H,16,17). The van der Waals surface area contributed by atoms with E-state index in [4.69, 9.17) is 0 Å². The van der Waals surface area contributed by atoms with E-state index in [9.17, 15) is 4.79 Å². The molecule has 1 saturated heterocycles. The van der Waals surface area contributed by atoms with E-state index in [0.29, 0.717) is 11.4 Å². The minimum Gasteiger partial charge on any atom is -0.335 e. The van der Waals surface area contributed by atoms with E-state index in [2.05, 4.69) is 20.5 Å². The molecule has 0 bridgehead atoms. The van der Waals surface area contributed by atoms with E-state index < -0.39 is 0 Å². The summed E-state index contributed by atoms with van der Waals surface area (Å²) in [6, 6.07) is 7.37. The highest BCUT2D eigenvalue weighted by Crippen LogP contribution is 2.15. The number of piperazine rings is 1. The summed E-state index contributed by atoms with van der Waals surface area (Å²) >= 11 is 0. The number of carbonyl (C=O) groups excluding carboxylic acids is 1. The Morgan fingerprint density at radius 3 is 2.79 bits per heavy atom. The molecule has 0 unspecified atom stereocenters. The van der Waals surface area contributed by atoms with Crippen LogP contribution < -0.4 is 5.32 Å². The number of pyridine rings is 1. The van der Waals surface area contributed by atoms with Crippen LogP contribution in [-0.4, -0.2) is 52.2 Å². The second-order valence-electron chi connectivity index (χ2n) is 4.42. The molecule has 2 N–H and O–H groups in total. The third-order valence-electron chi connectivity index (χ3n) is 3.14. The smallest absolute Gasteiger partial charge is 0.271 e. The Hall–Kier alpha value is -2.21. The first kappa shape index (κ1) is 11.9. The average Bonchev–Trinajstić information content (AvgIpc) is 2.98. The number of carbonyl (C=O) groups is 1. The van der Waals surface area contributed by atoms with Crippen molar-refractivity contribution in [3.8, 4) is 11.4 Å². The van der Waals surface area contributed by atoms with Gasteiger partial charge in [0.15, 0.2) is 0 Å². The summed E-state index contributed by atoms with van der Waals surface area (Å²) in [5, 5.41) is 10.2. The zero-order valence-corrected chi connectivity index (χ0v) is 10.5. The van der Waals surface area contributed by atoms with Crippen molar-refractivity contribution >= 4 is 5.91 Å². The lowest BCUT2D eigenvalue weighted by Gasteiger charge is -2.26. The van der Waals surface area contributed by atoms with Crippen molar-refractivity contribution in [1.29, 1.82) is 0 Å². The molecule has 6 nitrogen and oxygen atoms in total. The molecule has 0 spiro atoms. The number of H-pyrrole nitrogens is 1. The first-order valence-corrected chi connectivity index (χ1v) is 6.31. The number of aromatic nitrogens is 3. The molecular formula is C13H15N5O. The van der Waals surface area contributed by atoms with Crippen molar-refractivity contribution in [2.24, 2.45) is 0 Å². The first-order chi connectivity index (χ1) is 9.34. The highest BCUT2D eigenvalue weighted by Gasteiger charge is 2.20. The molecule has 0 saturated carbocycles. The summed E-state index contributed by atoms with van der Waals surface area (Å²) < 4.78 is 0. The van der Waals surface area contributed by atoms with Crippen LogP contribution in [0.25, 0.3) is 11.4 Å². The molecule has 19 heavy (non-hydrogen) atoms. The Morgan fingerprint density at radius 2 is 2.05 bits per heavy atom. The molecule has 1 aliphatic heterocycles. The number of hydrogen-bond acceptors (Lipinski definition) is 4. The van der Waals surface area contributed by atoms with E-state index in [-0.39, 0.29) is 5.91 Å². The van der Waals surface area contributed by atoms with Crippen molar-refractivity contribution < 1.29 is 4.79 Å². The molecule has 0 atom stereocenters. The lowest BCUT2D eigenvalue weighted by Crippen LogP contribution is -2.46. The van der Waals surface area contributed by atoms with Gasteiger partial charge in [0.25, 0.3) is 5.91 Å². The van der Waals surface area contributed by atoms with Gasteiger partial charge in [-0.3, -0.25) is 14.9 Å². The van der Waals surface area contributed by atoms with Gasteiger partial charge < -0.3 is 10.2 Å². The fourth-order valence-electron chi connectivity index (χ4n) is 2.12. The summed E-state index contributed by atoms with van der Waals surface area (Å²) in [5.74, 6) is -0.00354. The zero-order valence-electron chi connectivity index (χ0n) is 10.5. The zero-order chi connectivity index (χ0) is 13.1. The van der Waals surface area contributed by atoms with Crippen LogP contribution in [0.1, 0.15) is 10.5 Å². The van der Waals surface area contributed by atoms with Gasteiger partial charge in [-0.2, -0.15) is 5.10 Å². The number of aromatic amines is 1. The molecule has 0 aromatic carbocycles. The summed E-state index contributed by atoms with van der Waals surface area (Å²) in [6.45, 7) is 3.15. The number of hydrogen-bond donors (Lipinski definition) is 2. The van der Waals surface area contributed by atoms with Crippen LogP contribution >= 0.6 is 0 Å². The molecule has 2 aromatic heterocycles. The van der Waals surface area contributed by atoms with Crippen molar-refractivity contribution in [2.45, 2.75) is 0 Å².